The van der Waals surface area contributed by atoms with Crippen LogP contribution >= 0.6 is 0 Å². The Morgan fingerprint density at radius 2 is 1.69 bits per heavy atom. The van der Waals surface area contributed by atoms with E-state index in [-0.39, 0.29) is 11.6 Å². The average Bonchev–Trinajstić information content (AvgIpc) is 3.23. The highest BCUT2D eigenvalue weighted by atomic mass is 16.1. The molecule has 2 N–H and O–H groups in total. The monoisotopic (exact) mass is 421 g/mol. The number of hydrogen-bond donors (Lipinski definition) is 2. The van der Waals surface area contributed by atoms with Gasteiger partial charge in [-0.2, -0.15) is 0 Å². The van der Waals surface area contributed by atoms with Gasteiger partial charge < -0.3 is 14.9 Å². The lowest BCUT2D eigenvalue weighted by molar-refractivity contribution is 0.376. The van der Waals surface area contributed by atoms with Gasteiger partial charge >= 0.3 is 0 Å². The molecule has 0 bridgehead atoms. The van der Waals surface area contributed by atoms with Gasteiger partial charge in [-0.1, -0.05) is 36.4 Å². The van der Waals surface area contributed by atoms with Crippen LogP contribution in [0.5, 0.6) is 0 Å². The van der Waals surface area contributed by atoms with Crippen LogP contribution in [0.25, 0.3) is 44.6 Å². The lowest BCUT2D eigenvalue weighted by Crippen LogP contribution is -2.29. The summed E-state index contributed by atoms with van der Waals surface area (Å²) in [6.07, 6.45) is 3.69. The molecule has 3 aromatic heterocycles. The smallest absolute Gasteiger partial charge is 0.248 e. The molecule has 1 saturated heterocycles. The summed E-state index contributed by atoms with van der Waals surface area (Å²) >= 11 is 0. The Bertz CT molecular complexity index is 1490. The third-order valence-corrected chi connectivity index (χ3v) is 6.29. The summed E-state index contributed by atoms with van der Waals surface area (Å²) in [7, 11) is 0. The number of piperidine rings is 1. The number of fused-ring (bicyclic) bond motifs is 2. The molecular weight excluding hydrogens is 398 g/mol. The third kappa shape index (κ3) is 3.29. The zero-order valence-electron chi connectivity index (χ0n) is 17.6. The molecule has 0 aliphatic carbocycles. The molecule has 6 rings (SSSR count). The Morgan fingerprint density at radius 3 is 2.53 bits per heavy atom. The fraction of sp³-hybridized carbons (Fsp3) is 0.192. The van der Waals surface area contributed by atoms with Crippen molar-refractivity contribution in [1.82, 2.24) is 24.8 Å². The maximum absolute atomic E-state index is 12.0. The molecule has 1 fully saturated rings. The Labute approximate surface area is 185 Å². The number of hydrogen-bond acceptors (Lipinski definition) is 4. The van der Waals surface area contributed by atoms with Crippen molar-refractivity contribution in [3.8, 4) is 22.6 Å². The van der Waals surface area contributed by atoms with Crippen molar-refractivity contribution >= 4 is 21.9 Å². The first-order valence-electron chi connectivity index (χ1n) is 11.0. The van der Waals surface area contributed by atoms with Crippen molar-refractivity contribution in [3.05, 3.63) is 83.3 Å². The second-order valence-electron chi connectivity index (χ2n) is 8.33. The van der Waals surface area contributed by atoms with Crippen LogP contribution in [0.4, 0.5) is 0 Å². The lowest BCUT2D eigenvalue weighted by Gasteiger charge is -2.26. The van der Waals surface area contributed by atoms with E-state index in [0.717, 1.165) is 59.7 Å². The second-order valence-corrected chi connectivity index (χ2v) is 8.33. The highest BCUT2D eigenvalue weighted by molar-refractivity contribution is 5.88. The summed E-state index contributed by atoms with van der Waals surface area (Å²) in [6, 6.07) is 22.7. The molecule has 4 heterocycles. The van der Waals surface area contributed by atoms with E-state index in [1.165, 1.54) is 10.8 Å². The van der Waals surface area contributed by atoms with Gasteiger partial charge in [-0.3, -0.25) is 4.79 Å². The van der Waals surface area contributed by atoms with Crippen LogP contribution in [-0.4, -0.2) is 32.6 Å². The van der Waals surface area contributed by atoms with Crippen molar-refractivity contribution in [2.45, 2.75) is 18.9 Å². The van der Waals surface area contributed by atoms with Crippen LogP contribution in [0.3, 0.4) is 0 Å². The Balaban J connectivity index is 1.55. The Morgan fingerprint density at radius 1 is 0.844 bits per heavy atom. The zero-order chi connectivity index (χ0) is 21.5. The van der Waals surface area contributed by atoms with E-state index in [0.29, 0.717) is 0 Å². The summed E-state index contributed by atoms with van der Waals surface area (Å²) < 4.78 is 2.25. The van der Waals surface area contributed by atoms with Crippen molar-refractivity contribution in [1.29, 1.82) is 0 Å². The molecule has 1 aliphatic heterocycles. The largest absolute Gasteiger partial charge is 0.329 e. The predicted molar refractivity (Wildman–Crippen MR) is 128 cm³/mol. The SMILES string of the molecule is O=c1cc(-c2nc3ccc(-c4ccc5ccccc5c4)nc3n2C2CCNCC2)cc[nH]1. The minimum atomic E-state index is -0.128. The number of aromatic nitrogens is 4. The van der Waals surface area contributed by atoms with Crippen LogP contribution in [0.1, 0.15) is 18.9 Å². The first-order valence-corrected chi connectivity index (χ1v) is 11.0. The molecule has 6 nitrogen and oxygen atoms in total. The number of pyridine rings is 2. The van der Waals surface area contributed by atoms with Crippen LogP contribution < -0.4 is 10.9 Å². The van der Waals surface area contributed by atoms with Gasteiger partial charge in [0.25, 0.3) is 0 Å². The summed E-state index contributed by atoms with van der Waals surface area (Å²) in [6.45, 7) is 1.92. The molecule has 0 atom stereocenters. The molecule has 0 radical (unpaired) electrons. The first kappa shape index (κ1) is 19.0. The summed E-state index contributed by atoms with van der Waals surface area (Å²) in [5, 5.41) is 5.85. The fourth-order valence-electron chi connectivity index (χ4n) is 4.68. The summed E-state index contributed by atoms with van der Waals surface area (Å²) in [5.41, 5.74) is 4.42. The third-order valence-electron chi connectivity index (χ3n) is 6.29. The van der Waals surface area contributed by atoms with E-state index in [1.807, 2.05) is 18.2 Å². The fourth-order valence-corrected chi connectivity index (χ4v) is 4.68. The first-order chi connectivity index (χ1) is 15.8. The average molecular weight is 422 g/mol. The lowest BCUT2D eigenvalue weighted by atomic mass is 10.0. The van der Waals surface area contributed by atoms with Crippen LogP contribution in [0, 0.1) is 0 Å². The number of imidazole rings is 1. The molecule has 0 amide bonds. The van der Waals surface area contributed by atoms with Gasteiger partial charge in [0.05, 0.1) is 5.69 Å². The molecule has 1 aliphatic rings. The summed E-state index contributed by atoms with van der Waals surface area (Å²) in [4.78, 5) is 24.7. The molecule has 5 aromatic rings. The van der Waals surface area contributed by atoms with Gasteiger partial charge in [-0.25, -0.2) is 9.97 Å². The van der Waals surface area contributed by atoms with E-state index < -0.39 is 0 Å². The van der Waals surface area contributed by atoms with E-state index in [9.17, 15) is 4.79 Å². The number of nitrogens with zero attached hydrogens (tertiary/aromatic N) is 3. The van der Waals surface area contributed by atoms with Gasteiger partial charge in [-0.15, -0.1) is 0 Å². The van der Waals surface area contributed by atoms with E-state index in [1.54, 1.807) is 12.3 Å². The van der Waals surface area contributed by atoms with Crippen LogP contribution in [-0.2, 0) is 0 Å². The molecule has 2 aromatic carbocycles. The number of H-pyrrole nitrogens is 1. The van der Waals surface area contributed by atoms with Crippen molar-refractivity contribution in [2.75, 3.05) is 13.1 Å². The highest BCUT2D eigenvalue weighted by Crippen LogP contribution is 2.32. The normalized spacial score (nSPS) is 14.9. The molecule has 0 spiro atoms. The Hall–Kier alpha value is -3.77. The number of nitrogens with one attached hydrogen (secondary N) is 2. The summed E-state index contributed by atoms with van der Waals surface area (Å²) in [5.74, 6) is 0.807. The number of benzene rings is 2. The molecular formula is C26H23N5O. The highest BCUT2D eigenvalue weighted by Gasteiger charge is 2.23. The van der Waals surface area contributed by atoms with E-state index >= 15 is 0 Å². The van der Waals surface area contributed by atoms with Crippen LogP contribution in [0.2, 0.25) is 0 Å². The predicted octanol–water partition coefficient (Wildman–Crippen LogP) is 4.53. The molecule has 158 valence electrons. The molecule has 32 heavy (non-hydrogen) atoms. The molecule has 6 heteroatoms. The van der Waals surface area contributed by atoms with Gasteiger partial charge in [0.1, 0.15) is 11.3 Å². The van der Waals surface area contributed by atoms with Crippen LogP contribution in [0.15, 0.2) is 77.7 Å². The number of aromatic amines is 1. The van der Waals surface area contributed by atoms with E-state index in [4.69, 9.17) is 9.97 Å². The number of rotatable bonds is 3. The molecule has 0 saturated carbocycles. The van der Waals surface area contributed by atoms with Crippen molar-refractivity contribution in [2.24, 2.45) is 0 Å². The van der Waals surface area contributed by atoms with Gasteiger partial charge in [0.2, 0.25) is 5.56 Å². The Kier molecular flexibility index (Phi) is 4.58. The maximum Gasteiger partial charge on any atom is 0.248 e. The van der Waals surface area contributed by atoms with Crippen molar-refractivity contribution in [3.63, 3.8) is 0 Å². The van der Waals surface area contributed by atoms with Gasteiger partial charge in [0.15, 0.2) is 5.65 Å². The topological polar surface area (TPSA) is 75.6 Å². The minimum absolute atomic E-state index is 0.128. The van der Waals surface area contributed by atoms with Gasteiger partial charge in [0, 0.05) is 29.4 Å². The van der Waals surface area contributed by atoms with Gasteiger partial charge in [-0.05, 0) is 61.0 Å². The standard InChI is InChI=1S/C26H23N5O/c32-24-16-20(9-14-28-24)25-30-23-8-7-22(19-6-5-17-3-1-2-4-18(17)15-19)29-26(23)31(25)21-10-12-27-13-11-21/h1-9,14-16,21,27H,10-13H2,(H,28,32). The maximum atomic E-state index is 12.0. The second kappa shape index (κ2) is 7.73. The quantitative estimate of drug-likeness (QED) is 0.449. The van der Waals surface area contributed by atoms with E-state index in [2.05, 4.69) is 57.3 Å². The molecule has 0 unspecified atom stereocenters. The minimum Gasteiger partial charge on any atom is -0.329 e. The zero-order valence-corrected chi connectivity index (χ0v) is 17.6. The van der Waals surface area contributed by atoms with Crippen molar-refractivity contribution < 1.29 is 0 Å².